The van der Waals surface area contributed by atoms with Gasteiger partial charge in [-0.25, -0.2) is 0 Å². The van der Waals surface area contributed by atoms with Gasteiger partial charge in [-0.15, -0.1) is 0 Å². The fourth-order valence-corrected chi connectivity index (χ4v) is 2.76. The minimum atomic E-state index is -0.870. The summed E-state index contributed by atoms with van der Waals surface area (Å²) in [5.74, 6) is -1.02. The zero-order chi connectivity index (χ0) is 16.0. The third kappa shape index (κ3) is 5.94. The van der Waals surface area contributed by atoms with Gasteiger partial charge in [-0.05, 0) is 30.4 Å². The summed E-state index contributed by atoms with van der Waals surface area (Å²) in [5, 5.41) is 12.2. The van der Waals surface area contributed by atoms with E-state index in [-0.39, 0.29) is 40.4 Å². The molecule has 6 heteroatoms. The summed E-state index contributed by atoms with van der Waals surface area (Å²) < 4.78 is 0. The van der Waals surface area contributed by atoms with E-state index < -0.39 is 5.97 Å². The van der Waals surface area contributed by atoms with E-state index in [1.54, 1.807) is 18.2 Å². The van der Waals surface area contributed by atoms with Gasteiger partial charge in [0.15, 0.2) is 0 Å². The fraction of sp³-hybridized carbons (Fsp3) is 0.467. The Morgan fingerprint density at radius 3 is 2.29 bits per heavy atom. The fourth-order valence-electron chi connectivity index (χ4n) is 2.19. The molecule has 0 aliphatic rings. The SMILES string of the molecule is CC(C)CC(CNC(=O)c1c(Cl)cccc1Cl)CC(=O)O. The predicted molar refractivity (Wildman–Crippen MR) is 84.0 cm³/mol. The predicted octanol–water partition coefficient (Wildman–Crippen LogP) is 3.86. The van der Waals surface area contributed by atoms with Crippen molar-refractivity contribution in [3.63, 3.8) is 0 Å². The normalized spacial score (nSPS) is 12.2. The Labute approximate surface area is 134 Å². The van der Waals surface area contributed by atoms with E-state index >= 15 is 0 Å². The molecular weight excluding hydrogens is 313 g/mol. The highest BCUT2D eigenvalue weighted by Crippen LogP contribution is 2.24. The van der Waals surface area contributed by atoms with Crippen molar-refractivity contribution in [2.24, 2.45) is 11.8 Å². The molecule has 1 aromatic carbocycles. The Morgan fingerprint density at radius 1 is 1.24 bits per heavy atom. The summed E-state index contributed by atoms with van der Waals surface area (Å²) in [7, 11) is 0. The summed E-state index contributed by atoms with van der Waals surface area (Å²) >= 11 is 11.9. The van der Waals surface area contributed by atoms with E-state index in [2.05, 4.69) is 5.32 Å². The molecular formula is C15H19Cl2NO3. The molecule has 1 atom stereocenters. The van der Waals surface area contributed by atoms with Gasteiger partial charge in [0.1, 0.15) is 0 Å². The number of carboxylic acid groups (broad SMARTS) is 1. The van der Waals surface area contributed by atoms with Crippen LogP contribution >= 0.6 is 23.2 Å². The summed E-state index contributed by atoms with van der Waals surface area (Å²) in [6.07, 6.45) is 0.748. The van der Waals surface area contributed by atoms with Gasteiger partial charge in [-0.1, -0.05) is 43.1 Å². The quantitative estimate of drug-likeness (QED) is 0.797. The Kier molecular flexibility index (Phi) is 6.99. The molecule has 0 radical (unpaired) electrons. The molecule has 0 saturated carbocycles. The van der Waals surface area contributed by atoms with Crippen LogP contribution in [0.2, 0.25) is 10.0 Å². The number of hydrogen-bond donors (Lipinski definition) is 2. The molecule has 0 bridgehead atoms. The number of hydrogen-bond acceptors (Lipinski definition) is 2. The molecule has 1 amide bonds. The summed E-state index contributed by atoms with van der Waals surface area (Å²) in [4.78, 5) is 23.0. The first-order valence-corrected chi connectivity index (χ1v) is 7.50. The van der Waals surface area contributed by atoms with Gasteiger partial charge in [-0.3, -0.25) is 9.59 Å². The van der Waals surface area contributed by atoms with Crippen LogP contribution in [0.15, 0.2) is 18.2 Å². The number of benzene rings is 1. The smallest absolute Gasteiger partial charge is 0.303 e. The van der Waals surface area contributed by atoms with Crippen molar-refractivity contribution < 1.29 is 14.7 Å². The van der Waals surface area contributed by atoms with Crippen molar-refractivity contribution in [1.29, 1.82) is 0 Å². The highest BCUT2D eigenvalue weighted by atomic mass is 35.5. The molecule has 1 rings (SSSR count). The van der Waals surface area contributed by atoms with Gasteiger partial charge in [-0.2, -0.15) is 0 Å². The minimum Gasteiger partial charge on any atom is -0.481 e. The van der Waals surface area contributed by atoms with Crippen molar-refractivity contribution in [2.75, 3.05) is 6.54 Å². The molecule has 1 aromatic rings. The average Bonchev–Trinajstić information content (AvgIpc) is 2.34. The largest absolute Gasteiger partial charge is 0.481 e. The maximum absolute atomic E-state index is 12.1. The second-order valence-electron chi connectivity index (χ2n) is 5.40. The summed E-state index contributed by atoms with van der Waals surface area (Å²) in [6.45, 7) is 4.31. The molecule has 2 N–H and O–H groups in total. The van der Waals surface area contributed by atoms with Crippen LogP contribution < -0.4 is 5.32 Å². The lowest BCUT2D eigenvalue weighted by Crippen LogP contribution is -2.31. The third-order valence-corrected chi connectivity index (χ3v) is 3.64. The standard InChI is InChI=1S/C15H19Cl2NO3/c1-9(2)6-10(7-13(19)20)8-18-15(21)14-11(16)4-3-5-12(14)17/h3-5,9-10H,6-8H2,1-2H3,(H,18,21)(H,19,20). The van der Waals surface area contributed by atoms with Gasteiger partial charge in [0, 0.05) is 13.0 Å². The average molecular weight is 332 g/mol. The van der Waals surface area contributed by atoms with Crippen LogP contribution in [0.3, 0.4) is 0 Å². The van der Waals surface area contributed by atoms with Crippen molar-refractivity contribution in [3.05, 3.63) is 33.8 Å². The first-order valence-electron chi connectivity index (χ1n) is 6.75. The lowest BCUT2D eigenvalue weighted by atomic mass is 9.94. The van der Waals surface area contributed by atoms with E-state index in [1.807, 2.05) is 13.8 Å². The van der Waals surface area contributed by atoms with Crippen LogP contribution in [0, 0.1) is 11.8 Å². The second-order valence-corrected chi connectivity index (χ2v) is 6.21. The Morgan fingerprint density at radius 2 is 1.81 bits per heavy atom. The number of halogens is 2. The Balaban J connectivity index is 2.70. The molecule has 0 fully saturated rings. The molecule has 0 aliphatic carbocycles. The van der Waals surface area contributed by atoms with Gasteiger partial charge >= 0.3 is 5.97 Å². The van der Waals surface area contributed by atoms with Crippen LogP contribution in [0.25, 0.3) is 0 Å². The van der Waals surface area contributed by atoms with Crippen LogP contribution in [-0.4, -0.2) is 23.5 Å². The molecule has 1 unspecified atom stereocenters. The summed E-state index contributed by atoms with van der Waals surface area (Å²) in [6, 6.07) is 4.84. The molecule has 0 heterocycles. The highest BCUT2D eigenvalue weighted by Gasteiger charge is 2.19. The second kappa shape index (κ2) is 8.25. The van der Waals surface area contributed by atoms with Crippen LogP contribution in [-0.2, 0) is 4.79 Å². The molecule has 0 aliphatic heterocycles. The first kappa shape index (κ1) is 17.8. The number of carbonyl (C=O) groups excluding carboxylic acids is 1. The molecule has 116 valence electrons. The molecule has 4 nitrogen and oxygen atoms in total. The van der Waals surface area contributed by atoms with Crippen LogP contribution in [0.1, 0.15) is 37.0 Å². The van der Waals surface area contributed by atoms with Gasteiger partial charge in [0.2, 0.25) is 0 Å². The lowest BCUT2D eigenvalue weighted by molar-refractivity contribution is -0.138. The molecule has 0 aromatic heterocycles. The third-order valence-electron chi connectivity index (χ3n) is 3.01. The van der Waals surface area contributed by atoms with Gasteiger partial charge in [0.05, 0.1) is 15.6 Å². The molecule has 0 spiro atoms. The van der Waals surface area contributed by atoms with Crippen molar-refractivity contribution in [2.45, 2.75) is 26.7 Å². The Hall–Kier alpha value is -1.26. The van der Waals surface area contributed by atoms with E-state index in [0.29, 0.717) is 5.92 Å². The monoisotopic (exact) mass is 331 g/mol. The first-order chi connectivity index (χ1) is 9.81. The zero-order valence-corrected chi connectivity index (χ0v) is 13.5. The highest BCUT2D eigenvalue weighted by molar-refractivity contribution is 6.39. The lowest BCUT2D eigenvalue weighted by Gasteiger charge is -2.18. The number of amides is 1. The topological polar surface area (TPSA) is 66.4 Å². The molecule has 21 heavy (non-hydrogen) atoms. The number of rotatable bonds is 7. The maximum atomic E-state index is 12.1. The van der Waals surface area contributed by atoms with Gasteiger partial charge < -0.3 is 10.4 Å². The molecule has 0 saturated heterocycles. The van der Waals surface area contributed by atoms with E-state index in [9.17, 15) is 9.59 Å². The summed E-state index contributed by atoms with van der Waals surface area (Å²) in [5.41, 5.74) is 0.222. The van der Waals surface area contributed by atoms with E-state index in [4.69, 9.17) is 28.3 Å². The van der Waals surface area contributed by atoms with Gasteiger partial charge in [0.25, 0.3) is 5.91 Å². The number of carboxylic acids is 1. The number of aliphatic carboxylic acids is 1. The number of carbonyl (C=O) groups is 2. The van der Waals surface area contributed by atoms with E-state index in [0.717, 1.165) is 6.42 Å². The number of nitrogens with one attached hydrogen (secondary N) is 1. The van der Waals surface area contributed by atoms with Crippen LogP contribution in [0.4, 0.5) is 0 Å². The van der Waals surface area contributed by atoms with Crippen LogP contribution in [0.5, 0.6) is 0 Å². The maximum Gasteiger partial charge on any atom is 0.303 e. The van der Waals surface area contributed by atoms with E-state index in [1.165, 1.54) is 0 Å². The van der Waals surface area contributed by atoms with Crippen molar-refractivity contribution in [1.82, 2.24) is 5.32 Å². The minimum absolute atomic E-state index is 0.0225. The van der Waals surface area contributed by atoms with Crippen molar-refractivity contribution >= 4 is 35.1 Å². The Bertz CT molecular complexity index is 497. The van der Waals surface area contributed by atoms with Crippen molar-refractivity contribution in [3.8, 4) is 0 Å². The zero-order valence-electron chi connectivity index (χ0n) is 12.0.